The van der Waals surface area contributed by atoms with Crippen LogP contribution in [-0.2, 0) is 4.74 Å². The first-order chi connectivity index (χ1) is 20.0. The van der Waals surface area contributed by atoms with E-state index in [0.29, 0.717) is 13.1 Å². The highest BCUT2D eigenvalue weighted by atomic mass is 16.5. The van der Waals surface area contributed by atoms with E-state index in [-0.39, 0.29) is 6.03 Å². The number of nitrogens with two attached hydrogens (primary N) is 1. The van der Waals surface area contributed by atoms with Gasteiger partial charge in [-0.2, -0.15) is 0 Å². The second-order valence-corrected chi connectivity index (χ2v) is 12.3. The number of carbonyl (C=O) groups is 1. The maximum absolute atomic E-state index is 13.2. The molecule has 41 heavy (non-hydrogen) atoms. The fourth-order valence-corrected chi connectivity index (χ4v) is 5.78. The Morgan fingerprint density at radius 2 is 1.10 bits per heavy atom. The van der Waals surface area contributed by atoms with Gasteiger partial charge in [0, 0.05) is 13.1 Å². The molecular formula is C33H67N3O5. The molecule has 0 radical (unpaired) electrons. The number of nitrogens with one attached hydrogen (secondary N) is 1. The molecule has 244 valence electrons. The molecule has 0 aromatic rings. The van der Waals surface area contributed by atoms with E-state index in [1.807, 2.05) is 0 Å². The third-order valence-electron chi connectivity index (χ3n) is 8.58. The summed E-state index contributed by atoms with van der Waals surface area (Å²) in [4.78, 5) is 14.8. The second-order valence-electron chi connectivity index (χ2n) is 12.3. The lowest BCUT2D eigenvalue weighted by atomic mass is 9.96. The molecule has 0 aliphatic carbocycles. The van der Waals surface area contributed by atoms with Crippen LogP contribution in [0, 0.1) is 0 Å². The van der Waals surface area contributed by atoms with Crippen molar-refractivity contribution < 1.29 is 24.9 Å². The Balaban J connectivity index is 2.41. The number of ether oxygens (including phenoxy) is 1. The average Bonchev–Trinajstić information content (AvgIpc) is 2.97. The third kappa shape index (κ3) is 17.1. The molecule has 0 bridgehead atoms. The number of hydrogen-bond donors (Lipinski definition) is 5. The van der Waals surface area contributed by atoms with Gasteiger partial charge in [-0.25, -0.2) is 4.79 Å². The molecule has 1 fully saturated rings. The highest BCUT2D eigenvalue weighted by molar-refractivity contribution is 5.74. The Morgan fingerprint density at radius 1 is 0.683 bits per heavy atom. The van der Waals surface area contributed by atoms with Crippen LogP contribution in [0.4, 0.5) is 4.79 Å². The molecule has 1 aliphatic heterocycles. The molecule has 8 nitrogen and oxygen atoms in total. The van der Waals surface area contributed by atoms with Crippen molar-refractivity contribution >= 4 is 6.03 Å². The number of unbranched alkanes of at least 4 members (excludes halogenated alkanes) is 20. The first-order valence-electron chi connectivity index (χ1n) is 17.4. The summed E-state index contributed by atoms with van der Waals surface area (Å²) in [7, 11) is 0. The van der Waals surface area contributed by atoms with Crippen molar-refractivity contribution in [3.05, 3.63) is 0 Å². The summed E-state index contributed by atoms with van der Waals surface area (Å²) < 4.78 is 5.86. The smallest absolute Gasteiger partial charge is 0.319 e. The fourth-order valence-electron chi connectivity index (χ4n) is 5.78. The van der Waals surface area contributed by atoms with Gasteiger partial charge in [0.15, 0.2) is 6.23 Å². The average molecular weight is 586 g/mol. The van der Waals surface area contributed by atoms with Crippen molar-refractivity contribution in [2.45, 2.75) is 186 Å². The maximum Gasteiger partial charge on any atom is 0.319 e. The standard InChI is InChI=1S/C33H67N3O5/c1-3-5-7-9-11-13-15-16-18-20-22-24-26-36(32-29(34)31(39)30(38)28(27-37)41-32)33(40)35-25-23-21-19-17-14-12-10-8-6-4-2/h28-32,37-39H,3-27,34H2,1-2H3,(H,35,40)/t28-,29-,30-,31-,32-/m1/s1. The van der Waals surface area contributed by atoms with E-state index in [0.717, 1.165) is 32.1 Å². The van der Waals surface area contributed by atoms with Gasteiger partial charge >= 0.3 is 6.03 Å². The largest absolute Gasteiger partial charge is 0.394 e. The van der Waals surface area contributed by atoms with Gasteiger partial charge in [-0.15, -0.1) is 0 Å². The number of aliphatic hydroxyl groups excluding tert-OH is 3. The summed E-state index contributed by atoms with van der Waals surface area (Å²) in [5.41, 5.74) is 6.23. The molecule has 1 heterocycles. The fraction of sp³-hybridized carbons (Fsp3) is 0.970. The zero-order valence-corrected chi connectivity index (χ0v) is 26.7. The predicted molar refractivity (Wildman–Crippen MR) is 169 cm³/mol. The molecule has 6 N–H and O–H groups in total. The molecule has 1 aliphatic rings. The number of amides is 2. The molecule has 0 aromatic heterocycles. The van der Waals surface area contributed by atoms with Crippen LogP contribution >= 0.6 is 0 Å². The molecule has 8 heteroatoms. The Hall–Kier alpha value is -0.930. The normalized spacial score (nSPS) is 22.6. The minimum absolute atomic E-state index is 0.260. The minimum atomic E-state index is -1.28. The first-order valence-corrected chi connectivity index (χ1v) is 17.4. The molecule has 0 saturated carbocycles. The van der Waals surface area contributed by atoms with Crippen molar-refractivity contribution in [2.75, 3.05) is 19.7 Å². The number of hydrogen-bond acceptors (Lipinski definition) is 6. The lowest BCUT2D eigenvalue weighted by Crippen LogP contribution is -2.67. The van der Waals surface area contributed by atoms with E-state index in [4.69, 9.17) is 10.5 Å². The molecular weight excluding hydrogens is 518 g/mol. The Bertz CT molecular complexity index is 609. The topological polar surface area (TPSA) is 128 Å². The second kappa shape index (κ2) is 25.6. The molecule has 0 unspecified atom stereocenters. The lowest BCUT2D eigenvalue weighted by Gasteiger charge is -2.45. The molecule has 0 aromatic carbocycles. The molecule has 0 spiro atoms. The summed E-state index contributed by atoms with van der Waals surface area (Å²) in [5.74, 6) is 0. The lowest BCUT2D eigenvalue weighted by molar-refractivity contribution is -0.218. The summed E-state index contributed by atoms with van der Waals surface area (Å²) >= 11 is 0. The quantitative estimate of drug-likeness (QED) is 0.0749. The summed E-state index contributed by atoms with van der Waals surface area (Å²) in [5, 5.41) is 33.4. The van der Waals surface area contributed by atoms with Crippen LogP contribution in [0.25, 0.3) is 0 Å². The van der Waals surface area contributed by atoms with Gasteiger partial charge in [-0.1, -0.05) is 142 Å². The number of urea groups is 1. The van der Waals surface area contributed by atoms with Gasteiger partial charge in [-0.05, 0) is 12.8 Å². The van der Waals surface area contributed by atoms with Crippen molar-refractivity contribution in [3.8, 4) is 0 Å². The monoisotopic (exact) mass is 586 g/mol. The number of carbonyl (C=O) groups excluding carboxylic acids is 1. The highest BCUT2D eigenvalue weighted by Crippen LogP contribution is 2.23. The van der Waals surface area contributed by atoms with Crippen LogP contribution in [0.2, 0.25) is 0 Å². The van der Waals surface area contributed by atoms with Crippen LogP contribution in [0.1, 0.15) is 155 Å². The SMILES string of the molecule is CCCCCCCCCCCCCCN(C(=O)NCCCCCCCCCCCC)[C@@H]1O[C@H](CO)[C@@H](O)[C@H](O)[C@H]1N. The molecule has 5 atom stereocenters. The summed E-state index contributed by atoms with van der Waals surface area (Å²) in [6.07, 6.45) is 22.7. The Labute approximate surface area is 252 Å². The van der Waals surface area contributed by atoms with E-state index in [1.165, 1.54) is 109 Å². The summed E-state index contributed by atoms with van der Waals surface area (Å²) in [6.45, 7) is 5.09. The van der Waals surface area contributed by atoms with E-state index in [2.05, 4.69) is 19.2 Å². The highest BCUT2D eigenvalue weighted by Gasteiger charge is 2.45. The van der Waals surface area contributed by atoms with Gasteiger partial charge in [0.05, 0.1) is 12.6 Å². The zero-order valence-electron chi connectivity index (χ0n) is 26.7. The maximum atomic E-state index is 13.2. The predicted octanol–water partition coefficient (Wildman–Crippen LogP) is 6.39. The minimum Gasteiger partial charge on any atom is -0.394 e. The Kier molecular flexibility index (Phi) is 23.7. The number of rotatable bonds is 26. The van der Waals surface area contributed by atoms with Crippen LogP contribution in [0.15, 0.2) is 0 Å². The van der Waals surface area contributed by atoms with Crippen molar-refractivity contribution in [2.24, 2.45) is 5.73 Å². The van der Waals surface area contributed by atoms with E-state index in [1.54, 1.807) is 4.90 Å². The van der Waals surface area contributed by atoms with E-state index >= 15 is 0 Å². The first kappa shape index (κ1) is 38.1. The van der Waals surface area contributed by atoms with E-state index < -0.39 is 37.2 Å². The van der Waals surface area contributed by atoms with Gasteiger partial charge in [-0.3, -0.25) is 4.90 Å². The van der Waals surface area contributed by atoms with Gasteiger partial charge in [0.2, 0.25) is 0 Å². The van der Waals surface area contributed by atoms with Crippen LogP contribution in [0.3, 0.4) is 0 Å². The molecule has 2 amide bonds. The van der Waals surface area contributed by atoms with Crippen LogP contribution in [0.5, 0.6) is 0 Å². The van der Waals surface area contributed by atoms with Crippen molar-refractivity contribution in [1.29, 1.82) is 0 Å². The van der Waals surface area contributed by atoms with Gasteiger partial charge < -0.3 is 31.1 Å². The van der Waals surface area contributed by atoms with Gasteiger partial charge in [0.1, 0.15) is 18.3 Å². The number of nitrogens with zero attached hydrogens (tertiary/aromatic N) is 1. The van der Waals surface area contributed by atoms with Crippen molar-refractivity contribution in [3.63, 3.8) is 0 Å². The van der Waals surface area contributed by atoms with Crippen LogP contribution < -0.4 is 11.1 Å². The summed E-state index contributed by atoms with van der Waals surface area (Å²) in [6, 6.07) is -1.21. The third-order valence-corrected chi connectivity index (χ3v) is 8.58. The number of aliphatic hydroxyl groups is 3. The Morgan fingerprint density at radius 3 is 1.54 bits per heavy atom. The molecule has 1 saturated heterocycles. The molecule has 1 rings (SSSR count). The van der Waals surface area contributed by atoms with Crippen molar-refractivity contribution in [1.82, 2.24) is 10.2 Å². The van der Waals surface area contributed by atoms with Gasteiger partial charge in [0.25, 0.3) is 0 Å². The van der Waals surface area contributed by atoms with Crippen LogP contribution in [-0.4, -0.2) is 76.5 Å². The van der Waals surface area contributed by atoms with E-state index in [9.17, 15) is 20.1 Å². The zero-order chi connectivity index (χ0) is 30.1.